The largest absolute Gasteiger partial charge is 0.396 e. The van der Waals surface area contributed by atoms with Crippen LogP contribution in [0, 0.1) is 12.8 Å². The van der Waals surface area contributed by atoms with Crippen LogP contribution in [0.15, 0.2) is 24.5 Å². The van der Waals surface area contributed by atoms with Crippen molar-refractivity contribution in [2.24, 2.45) is 5.92 Å². The molecule has 4 rings (SSSR count). The molecule has 132 valence electrons. The Kier molecular flexibility index (Phi) is 3.91. The first-order chi connectivity index (χ1) is 12.0. The van der Waals surface area contributed by atoms with E-state index >= 15 is 0 Å². The third kappa shape index (κ3) is 2.86. The molecule has 0 bridgehead atoms. The lowest BCUT2D eigenvalue weighted by Gasteiger charge is -2.16. The van der Waals surface area contributed by atoms with Crippen molar-refractivity contribution >= 4 is 11.5 Å². The molecule has 3 aromatic heterocycles. The second-order valence-electron chi connectivity index (χ2n) is 7.00. The number of nitrogens with zero attached hydrogens (tertiary/aromatic N) is 7. The maximum atomic E-state index is 9.85. The minimum Gasteiger partial charge on any atom is -0.396 e. The third-order valence-corrected chi connectivity index (χ3v) is 4.88. The summed E-state index contributed by atoms with van der Waals surface area (Å²) < 4.78 is 3.54. The predicted octanol–water partition coefficient (Wildman–Crippen LogP) is 1.42. The number of fused-ring (bicyclic) bond motifs is 1. The van der Waals surface area contributed by atoms with E-state index in [1.54, 1.807) is 4.63 Å². The van der Waals surface area contributed by atoms with Crippen LogP contribution in [0.4, 0.5) is 5.82 Å². The van der Waals surface area contributed by atoms with Gasteiger partial charge in [0.25, 0.3) is 0 Å². The highest BCUT2D eigenvalue weighted by Crippen LogP contribution is 2.34. The summed E-state index contributed by atoms with van der Waals surface area (Å²) in [5.41, 5.74) is 1.92. The molecule has 0 saturated carbocycles. The highest BCUT2D eigenvalue weighted by molar-refractivity contribution is 5.47. The van der Waals surface area contributed by atoms with Crippen molar-refractivity contribution in [1.82, 2.24) is 29.6 Å². The number of aryl methyl sites for hydroxylation is 1. The molecule has 0 aliphatic carbocycles. The number of aromatic nitrogens is 6. The Bertz CT molecular complexity index is 884. The van der Waals surface area contributed by atoms with Gasteiger partial charge in [0.1, 0.15) is 5.82 Å². The molecule has 2 atom stereocenters. The van der Waals surface area contributed by atoms with Gasteiger partial charge >= 0.3 is 0 Å². The zero-order valence-electron chi connectivity index (χ0n) is 14.7. The summed E-state index contributed by atoms with van der Waals surface area (Å²) in [6, 6.07) is 4.23. The highest BCUT2D eigenvalue weighted by Gasteiger charge is 2.35. The molecule has 3 aromatic rings. The van der Waals surface area contributed by atoms with Gasteiger partial charge in [-0.05, 0) is 38.5 Å². The van der Waals surface area contributed by atoms with Crippen LogP contribution in [-0.4, -0.2) is 54.4 Å². The van der Waals surface area contributed by atoms with Gasteiger partial charge < -0.3 is 10.0 Å². The third-order valence-electron chi connectivity index (χ3n) is 4.88. The molecule has 0 radical (unpaired) electrons. The van der Waals surface area contributed by atoms with E-state index in [9.17, 15) is 5.11 Å². The van der Waals surface area contributed by atoms with Gasteiger partial charge in [-0.15, -0.1) is 14.8 Å². The van der Waals surface area contributed by atoms with Crippen LogP contribution in [0.25, 0.3) is 5.65 Å². The van der Waals surface area contributed by atoms with Gasteiger partial charge in [-0.25, -0.2) is 4.98 Å². The highest BCUT2D eigenvalue weighted by atomic mass is 16.3. The first-order valence-corrected chi connectivity index (χ1v) is 8.65. The topological polar surface area (TPSA) is 84.4 Å². The van der Waals surface area contributed by atoms with Crippen molar-refractivity contribution in [3.63, 3.8) is 0 Å². The fourth-order valence-electron chi connectivity index (χ4n) is 3.49. The Hall–Kier alpha value is -2.48. The van der Waals surface area contributed by atoms with E-state index in [1.807, 2.05) is 29.9 Å². The number of anilines is 1. The van der Waals surface area contributed by atoms with E-state index in [-0.39, 0.29) is 18.4 Å². The Morgan fingerprint density at radius 3 is 2.80 bits per heavy atom. The molecule has 25 heavy (non-hydrogen) atoms. The van der Waals surface area contributed by atoms with Crippen LogP contribution < -0.4 is 4.90 Å². The first kappa shape index (κ1) is 16.0. The van der Waals surface area contributed by atoms with E-state index in [2.05, 4.69) is 45.2 Å². The van der Waals surface area contributed by atoms with Gasteiger partial charge in [0.15, 0.2) is 11.5 Å². The quantitative estimate of drug-likeness (QED) is 0.773. The molecule has 1 aliphatic heterocycles. The molecule has 4 heterocycles. The lowest BCUT2D eigenvalue weighted by molar-refractivity contribution is 0.227. The monoisotopic (exact) mass is 341 g/mol. The molecule has 8 nitrogen and oxygen atoms in total. The lowest BCUT2D eigenvalue weighted by atomic mass is 9.92. The Labute approximate surface area is 146 Å². The van der Waals surface area contributed by atoms with Gasteiger partial charge in [0, 0.05) is 43.8 Å². The summed E-state index contributed by atoms with van der Waals surface area (Å²) in [7, 11) is 0. The lowest BCUT2D eigenvalue weighted by Crippen LogP contribution is -2.22. The number of hydrogen-bond acceptors (Lipinski definition) is 6. The van der Waals surface area contributed by atoms with Gasteiger partial charge in [-0.1, -0.05) is 0 Å². The average Bonchev–Trinajstić information content (AvgIpc) is 3.30. The number of rotatable bonds is 4. The summed E-state index contributed by atoms with van der Waals surface area (Å²) in [5, 5.41) is 23.2. The minimum atomic E-state index is 0.151. The van der Waals surface area contributed by atoms with E-state index in [0.29, 0.717) is 11.9 Å². The van der Waals surface area contributed by atoms with Gasteiger partial charge in [-0.2, -0.15) is 5.10 Å². The van der Waals surface area contributed by atoms with Crippen molar-refractivity contribution in [2.45, 2.75) is 32.7 Å². The summed E-state index contributed by atoms with van der Waals surface area (Å²) in [6.07, 6.45) is 4.02. The van der Waals surface area contributed by atoms with Crippen LogP contribution in [0.5, 0.6) is 0 Å². The molecule has 0 aromatic carbocycles. The van der Waals surface area contributed by atoms with Gasteiger partial charge in [0.05, 0.1) is 6.20 Å². The van der Waals surface area contributed by atoms with Crippen molar-refractivity contribution in [1.29, 1.82) is 0 Å². The molecule has 0 amide bonds. The Morgan fingerprint density at radius 1 is 1.24 bits per heavy atom. The predicted molar refractivity (Wildman–Crippen MR) is 93.7 cm³/mol. The molecular weight excluding hydrogens is 318 g/mol. The standard InChI is InChI=1S/C17H23N7O/c1-11(2)23-8-13(6-18-23)15-9-22(7-14(15)10-25)17-5-4-16-19-12(3)20-24(16)21-17/h4-6,8,11,14-15,25H,7,9-10H2,1-3H3/t14-,15-/m0/s1. The molecule has 0 spiro atoms. The number of hydrogen-bond donors (Lipinski definition) is 1. The molecule has 1 saturated heterocycles. The minimum absolute atomic E-state index is 0.151. The molecule has 1 fully saturated rings. The van der Waals surface area contributed by atoms with Gasteiger partial charge in [0.2, 0.25) is 0 Å². The van der Waals surface area contributed by atoms with Crippen molar-refractivity contribution < 1.29 is 5.11 Å². The van der Waals surface area contributed by atoms with Crippen LogP contribution in [0.2, 0.25) is 0 Å². The van der Waals surface area contributed by atoms with Crippen LogP contribution >= 0.6 is 0 Å². The van der Waals surface area contributed by atoms with E-state index in [4.69, 9.17) is 0 Å². The summed E-state index contributed by atoms with van der Waals surface area (Å²) in [6.45, 7) is 7.80. The van der Waals surface area contributed by atoms with E-state index in [1.165, 1.54) is 5.56 Å². The molecule has 1 N–H and O–H groups in total. The molecular formula is C17H23N7O. The normalized spacial score (nSPS) is 20.9. The SMILES string of the molecule is Cc1nc2ccc(N3C[C@@H](CO)[C@H](c4cnn(C(C)C)c4)C3)nn2n1. The second kappa shape index (κ2) is 6.11. The van der Waals surface area contributed by atoms with E-state index < -0.39 is 0 Å². The number of aliphatic hydroxyl groups excluding tert-OH is 1. The summed E-state index contributed by atoms with van der Waals surface area (Å²) in [5.74, 6) is 1.97. The zero-order valence-corrected chi connectivity index (χ0v) is 14.7. The fraction of sp³-hybridized carbons (Fsp3) is 0.529. The summed E-state index contributed by atoms with van der Waals surface area (Å²) >= 11 is 0. The van der Waals surface area contributed by atoms with Crippen molar-refractivity contribution in [3.05, 3.63) is 35.9 Å². The van der Waals surface area contributed by atoms with Crippen LogP contribution in [-0.2, 0) is 0 Å². The van der Waals surface area contributed by atoms with E-state index in [0.717, 1.165) is 24.6 Å². The first-order valence-electron chi connectivity index (χ1n) is 8.65. The van der Waals surface area contributed by atoms with Crippen molar-refractivity contribution in [2.75, 3.05) is 24.6 Å². The smallest absolute Gasteiger partial charge is 0.176 e. The fourth-order valence-corrected chi connectivity index (χ4v) is 3.49. The zero-order chi connectivity index (χ0) is 17.6. The molecule has 1 aliphatic rings. The average molecular weight is 341 g/mol. The number of aliphatic hydroxyl groups is 1. The van der Waals surface area contributed by atoms with Gasteiger partial charge in [-0.3, -0.25) is 4.68 Å². The maximum Gasteiger partial charge on any atom is 0.176 e. The summed E-state index contributed by atoms with van der Waals surface area (Å²) in [4.78, 5) is 6.52. The second-order valence-corrected chi connectivity index (χ2v) is 7.00. The maximum absolute atomic E-state index is 9.85. The van der Waals surface area contributed by atoms with Crippen LogP contribution in [0.3, 0.4) is 0 Å². The molecule has 8 heteroatoms. The Morgan fingerprint density at radius 2 is 2.08 bits per heavy atom. The Balaban J connectivity index is 1.60. The molecule has 0 unspecified atom stereocenters. The van der Waals surface area contributed by atoms with Crippen LogP contribution in [0.1, 0.15) is 37.2 Å². The van der Waals surface area contributed by atoms with Crippen molar-refractivity contribution in [3.8, 4) is 0 Å².